The molecule has 12 heteroatoms. The Kier molecular flexibility index (Phi) is 48.7. The smallest absolute Gasteiger partial charge is 0.462 e. The second-order valence-electron chi connectivity index (χ2n) is 17.2. The Morgan fingerprint density at radius 3 is 1.09 bits per heavy atom. The molecular formula is C58H95O11P. The fourth-order valence-electron chi connectivity index (χ4n) is 6.69. The van der Waals surface area contributed by atoms with Crippen LogP contribution in [0.2, 0.25) is 0 Å². The van der Waals surface area contributed by atoms with Gasteiger partial charge >= 0.3 is 25.7 Å². The second-order valence-corrected chi connectivity index (χ2v) is 18.7. The first-order chi connectivity index (χ1) is 34.2. The molecule has 0 bridgehead atoms. The number of phosphoric ester groups is 1. The van der Waals surface area contributed by atoms with E-state index in [1.807, 2.05) is 0 Å². The lowest BCUT2D eigenvalue weighted by Gasteiger charge is -2.21. The van der Waals surface area contributed by atoms with Gasteiger partial charge in [0.25, 0.3) is 0 Å². The molecule has 70 heavy (non-hydrogen) atoms. The molecule has 0 rings (SSSR count). The molecule has 3 atom stereocenters. The van der Waals surface area contributed by atoms with E-state index >= 15 is 0 Å². The fraction of sp³-hybridized carbons (Fsp3) is 0.638. The number of aliphatic hydroxyl groups is 1. The van der Waals surface area contributed by atoms with Crippen LogP contribution in [0.15, 0.2) is 109 Å². The lowest BCUT2D eigenvalue weighted by molar-refractivity contribution is -0.161. The maximum Gasteiger partial charge on any atom is 0.472 e. The van der Waals surface area contributed by atoms with Gasteiger partial charge in [0, 0.05) is 19.3 Å². The summed E-state index contributed by atoms with van der Waals surface area (Å²) in [7, 11) is -4.77. The minimum absolute atomic E-state index is 0.134. The number of ether oxygens (including phenoxy) is 3. The minimum Gasteiger partial charge on any atom is -0.462 e. The number of aliphatic hydroxyl groups excluding tert-OH is 1. The molecule has 0 aromatic rings. The van der Waals surface area contributed by atoms with Crippen molar-refractivity contribution in [1.82, 2.24) is 0 Å². The van der Waals surface area contributed by atoms with Crippen LogP contribution in [0, 0.1) is 0 Å². The molecule has 0 aliphatic rings. The van der Waals surface area contributed by atoms with Crippen LogP contribution in [0.1, 0.15) is 201 Å². The number of hydrogen-bond donors (Lipinski definition) is 2. The SMILES string of the molecule is CC/C=C\C/C=C\C/C=C\CCCCCCCCCC(=O)OC(COC(=O)CCCCC/C=C\C/C=C\C/C=C\CC)COP(=O)(O)OCC(CO)OC(=O)CCCCC/C=C\C/C=C\C/C=C\CC. The number of phosphoric acid groups is 1. The maximum atomic E-state index is 12.9. The summed E-state index contributed by atoms with van der Waals surface area (Å²) in [4.78, 5) is 48.4. The van der Waals surface area contributed by atoms with Gasteiger partial charge in [-0.2, -0.15) is 0 Å². The van der Waals surface area contributed by atoms with Crippen LogP contribution in [0.5, 0.6) is 0 Å². The zero-order valence-corrected chi connectivity index (χ0v) is 44.6. The van der Waals surface area contributed by atoms with E-state index in [0.29, 0.717) is 19.3 Å². The third-order valence-electron chi connectivity index (χ3n) is 10.7. The number of rotatable bonds is 48. The van der Waals surface area contributed by atoms with E-state index in [0.717, 1.165) is 141 Å². The second kappa shape index (κ2) is 51.5. The van der Waals surface area contributed by atoms with Crippen LogP contribution >= 0.6 is 7.82 Å². The van der Waals surface area contributed by atoms with Gasteiger partial charge in [-0.3, -0.25) is 23.4 Å². The van der Waals surface area contributed by atoms with Crippen LogP contribution in [-0.2, 0) is 42.2 Å². The summed E-state index contributed by atoms with van der Waals surface area (Å²) in [5.74, 6) is -1.55. The zero-order valence-electron chi connectivity index (χ0n) is 43.7. The van der Waals surface area contributed by atoms with Gasteiger partial charge < -0.3 is 24.2 Å². The highest BCUT2D eigenvalue weighted by Gasteiger charge is 2.28. The van der Waals surface area contributed by atoms with Crippen LogP contribution < -0.4 is 0 Å². The summed E-state index contributed by atoms with van der Waals surface area (Å²) in [5, 5.41) is 9.78. The zero-order chi connectivity index (χ0) is 51.3. The first-order valence-corrected chi connectivity index (χ1v) is 28.3. The molecule has 0 saturated heterocycles. The Morgan fingerprint density at radius 1 is 0.400 bits per heavy atom. The average Bonchev–Trinajstić information content (AvgIpc) is 3.35. The van der Waals surface area contributed by atoms with E-state index < -0.39 is 57.8 Å². The molecular weight excluding hydrogens is 904 g/mol. The van der Waals surface area contributed by atoms with Crippen molar-refractivity contribution in [1.29, 1.82) is 0 Å². The van der Waals surface area contributed by atoms with Gasteiger partial charge in [0.2, 0.25) is 0 Å². The number of carbonyl (C=O) groups excluding carboxylic acids is 3. The van der Waals surface area contributed by atoms with Crippen LogP contribution in [0.4, 0.5) is 0 Å². The molecule has 0 saturated carbocycles. The van der Waals surface area contributed by atoms with E-state index in [1.165, 1.54) is 0 Å². The summed E-state index contributed by atoms with van der Waals surface area (Å²) < 4.78 is 39.3. The predicted octanol–water partition coefficient (Wildman–Crippen LogP) is 15.5. The molecule has 398 valence electrons. The van der Waals surface area contributed by atoms with Crippen molar-refractivity contribution in [2.24, 2.45) is 0 Å². The summed E-state index contributed by atoms with van der Waals surface area (Å²) in [6.07, 6.45) is 60.6. The maximum absolute atomic E-state index is 12.9. The third-order valence-corrected chi connectivity index (χ3v) is 11.6. The van der Waals surface area contributed by atoms with Gasteiger partial charge in [-0.05, 0) is 116 Å². The van der Waals surface area contributed by atoms with Crippen LogP contribution in [0.3, 0.4) is 0 Å². The van der Waals surface area contributed by atoms with E-state index in [2.05, 4.69) is 130 Å². The Labute approximate surface area is 425 Å². The highest BCUT2D eigenvalue weighted by molar-refractivity contribution is 7.47. The van der Waals surface area contributed by atoms with Crippen LogP contribution in [-0.4, -0.2) is 66.5 Å². The number of hydrogen-bond acceptors (Lipinski definition) is 10. The fourth-order valence-corrected chi connectivity index (χ4v) is 7.48. The average molecular weight is 999 g/mol. The van der Waals surface area contributed by atoms with Gasteiger partial charge in [0.15, 0.2) is 6.10 Å². The molecule has 0 fully saturated rings. The first kappa shape index (κ1) is 66.1. The molecule has 11 nitrogen and oxygen atoms in total. The number of unbranched alkanes of at least 4 members (excludes halogenated alkanes) is 13. The highest BCUT2D eigenvalue weighted by atomic mass is 31.2. The van der Waals surface area contributed by atoms with E-state index in [1.54, 1.807) is 0 Å². The highest BCUT2D eigenvalue weighted by Crippen LogP contribution is 2.43. The minimum atomic E-state index is -4.77. The summed E-state index contributed by atoms with van der Waals surface area (Å²) >= 11 is 0. The van der Waals surface area contributed by atoms with Crippen molar-refractivity contribution in [3.05, 3.63) is 109 Å². The predicted molar refractivity (Wildman–Crippen MR) is 288 cm³/mol. The molecule has 2 N–H and O–H groups in total. The standard InChI is InChI=1S/C58H95O11P/c1-4-7-10-13-16-19-22-25-26-27-28-31-34-37-40-43-46-49-58(62)69-55(51-65-56(60)47-44-41-38-35-32-29-23-20-17-14-11-8-5-2)53-67-70(63,64)66-52-54(50-59)68-57(61)48-45-42-39-36-33-30-24-21-18-15-12-9-6-3/h7-12,16-21,25-26,29-30,32-33,54-55,59H,4-6,13-15,22-24,27-28,31,34-53H2,1-3H3,(H,63,64)/b10-7-,11-8-,12-9-,19-16-,20-17-,21-18-,26-25-,32-29-,33-30-. The molecule has 0 aliphatic heterocycles. The van der Waals surface area contributed by atoms with Gasteiger partial charge in [-0.1, -0.05) is 175 Å². The van der Waals surface area contributed by atoms with Crippen LogP contribution in [0.25, 0.3) is 0 Å². The number of esters is 3. The molecule has 0 aromatic carbocycles. The molecule has 0 radical (unpaired) electrons. The lowest BCUT2D eigenvalue weighted by Crippen LogP contribution is -2.30. The Morgan fingerprint density at radius 2 is 0.700 bits per heavy atom. The normalized spacial score (nSPS) is 14.3. The molecule has 0 heterocycles. The van der Waals surface area contributed by atoms with Crippen molar-refractivity contribution in [2.45, 2.75) is 213 Å². The summed E-state index contributed by atoms with van der Waals surface area (Å²) in [6.45, 7) is 4.20. The van der Waals surface area contributed by atoms with Crippen molar-refractivity contribution < 1.29 is 52.2 Å². The monoisotopic (exact) mass is 999 g/mol. The third kappa shape index (κ3) is 49.1. The number of carbonyl (C=O) groups is 3. The summed E-state index contributed by atoms with van der Waals surface area (Å²) in [6, 6.07) is 0. The van der Waals surface area contributed by atoms with Crippen molar-refractivity contribution in [3.63, 3.8) is 0 Å². The molecule has 0 spiro atoms. The first-order valence-electron chi connectivity index (χ1n) is 26.8. The van der Waals surface area contributed by atoms with Gasteiger partial charge in [-0.15, -0.1) is 0 Å². The Hall–Kier alpha value is -3.86. The van der Waals surface area contributed by atoms with Crippen molar-refractivity contribution in [3.8, 4) is 0 Å². The van der Waals surface area contributed by atoms with E-state index in [-0.39, 0.29) is 25.9 Å². The summed E-state index contributed by atoms with van der Waals surface area (Å²) in [5.41, 5.74) is 0. The largest absolute Gasteiger partial charge is 0.472 e. The van der Waals surface area contributed by atoms with Crippen molar-refractivity contribution >= 4 is 25.7 Å². The quantitative estimate of drug-likeness (QED) is 0.0197. The van der Waals surface area contributed by atoms with E-state index in [9.17, 15) is 28.9 Å². The Bertz CT molecular complexity index is 1590. The topological polar surface area (TPSA) is 155 Å². The van der Waals surface area contributed by atoms with Crippen molar-refractivity contribution in [2.75, 3.05) is 26.4 Å². The molecule has 3 unspecified atom stereocenters. The lowest BCUT2D eigenvalue weighted by atomic mass is 10.1. The van der Waals surface area contributed by atoms with Gasteiger partial charge in [-0.25, -0.2) is 4.57 Å². The Balaban J connectivity index is 4.83. The molecule has 0 aromatic heterocycles. The number of allylic oxidation sites excluding steroid dienone is 18. The van der Waals surface area contributed by atoms with Gasteiger partial charge in [0.1, 0.15) is 12.7 Å². The van der Waals surface area contributed by atoms with Gasteiger partial charge in [0.05, 0.1) is 19.8 Å². The molecule has 0 amide bonds. The van der Waals surface area contributed by atoms with E-state index in [4.69, 9.17) is 23.3 Å². The molecule has 0 aliphatic carbocycles.